The molecule has 2 aromatic carbocycles. The van der Waals surface area contributed by atoms with E-state index < -0.39 is 42.0 Å². The summed E-state index contributed by atoms with van der Waals surface area (Å²) in [5.41, 5.74) is 7.10. The molecule has 2 aromatic rings. The SMILES string of the molecule is CCCCOC(=O)N[C@@H](Cc1ccccc1)C(=O)N[C@@H](Cc1ccccc1)C(=O)N[C@@H](CCCCN)C(=O)O. The number of hydrogen-bond acceptors (Lipinski definition) is 6. The maximum absolute atomic E-state index is 13.5. The molecule has 212 valence electrons. The quantitative estimate of drug-likeness (QED) is 0.193. The predicted octanol–water partition coefficient (Wildman–Crippen LogP) is 2.55. The van der Waals surface area contributed by atoms with Crippen molar-refractivity contribution in [3.05, 3.63) is 71.8 Å². The van der Waals surface area contributed by atoms with Crippen molar-refractivity contribution in [3.63, 3.8) is 0 Å². The third-order valence-corrected chi connectivity index (χ3v) is 6.10. The average Bonchev–Trinajstić information content (AvgIpc) is 2.93. The van der Waals surface area contributed by atoms with E-state index >= 15 is 0 Å². The fraction of sp³-hybridized carbons (Fsp3) is 0.448. The van der Waals surface area contributed by atoms with Crippen LogP contribution >= 0.6 is 0 Å². The minimum absolute atomic E-state index is 0.132. The Labute approximate surface area is 229 Å². The van der Waals surface area contributed by atoms with Gasteiger partial charge in [0.05, 0.1) is 6.61 Å². The Morgan fingerprint density at radius 2 is 1.28 bits per heavy atom. The van der Waals surface area contributed by atoms with Crippen LogP contribution in [-0.2, 0) is 32.0 Å². The lowest BCUT2D eigenvalue weighted by Gasteiger charge is -2.25. The normalized spacial score (nSPS) is 13.0. The molecule has 0 aliphatic rings. The largest absolute Gasteiger partial charge is 0.480 e. The number of unbranched alkanes of at least 4 members (excludes halogenated alkanes) is 2. The first kappa shape index (κ1) is 31.3. The molecule has 2 rings (SSSR count). The summed E-state index contributed by atoms with van der Waals surface area (Å²) in [7, 11) is 0. The summed E-state index contributed by atoms with van der Waals surface area (Å²) in [4.78, 5) is 50.9. The number of carbonyl (C=O) groups is 4. The summed E-state index contributed by atoms with van der Waals surface area (Å²) in [6.45, 7) is 2.61. The highest BCUT2D eigenvalue weighted by molar-refractivity contribution is 5.93. The third-order valence-electron chi connectivity index (χ3n) is 6.10. The van der Waals surface area contributed by atoms with Gasteiger partial charge in [0.2, 0.25) is 11.8 Å². The van der Waals surface area contributed by atoms with Gasteiger partial charge < -0.3 is 31.5 Å². The second kappa shape index (κ2) is 17.6. The minimum Gasteiger partial charge on any atom is -0.480 e. The number of nitrogens with one attached hydrogen (secondary N) is 3. The number of carboxylic acids is 1. The van der Waals surface area contributed by atoms with E-state index in [2.05, 4.69) is 16.0 Å². The van der Waals surface area contributed by atoms with Gasteiger partial charge in [-0.15, -0.1) is 0 Å². The molecule has 3 atom stereocenters. The number of carbonyl (C=O) groups excluding carboxylic acids is 3. The Kier molecular flexibility index (Phi) is 14.1. The fourth-order valence-electron chi connectivity index (χ4n) is 3.91. The Hall–Kier alpha value is -3.92. The van der Waals surface area contributed by atoms with E-state index in [4.69, 9.17) is 10.5 Å². The summed E-state index contributed by atoms with van der Waals surface area (Å²) in [6, 6.07) is 15.0. The number of carboxylic acid groups (broad SMARTS) is 1. The molecular weight excluding hydrogens is 500 g/mol. The van der Waals surface area contributed by atoms with Gasteiger partial charge >= 0.3 is 12.1 Å². The summed E-state index contributed by atoms with van der Waals surface area (Å²) in [6.07, 6.45) is 2.50. The van der Waals surface area contributed by atoms with Crippen molar-refractivity contribution in [2.75, 3.05) is 13.2 Å². The smallest absolute Gasteiger partial charge is 0.407 e. The van der Waals surface area contributed by atoms with Crippen molar-refractivity contribution < 1.29 is 29.0 Å². The maximum Gasteiger partial charge on any atom is 0.407 e. The van der Waals surface area contributed by atoms with Crippen molar-refractivity contribution in [2.24, 2.45) is 5.73 Å². The number of hydrogen-bond donors (Lipinski definition) is 5. The Morgan fingerprint density at radius 3 is 1.77 bits per heavy atom. The third kappa shape index (κ3) is 12.0. The number of ether oxygens (including phenoxy) is 1. The Balaban J connectivity index is 2.22. The van der Waals surface area contributed by atoms with Crippen LogP contribution in [0, 0.1) is 0 Å². The van der Waals surface area contributed by atoms with Crippen molar-refractivity contribution in [2.45, 2.75) is 70.0 Å². The van der Waals surface area contributed by atoms with Gasteiger partial charge in [-0.05, 0) is 43.4 Å². The van der Waals surface area contributed by atoms with Crippen molar-refractivity contribution in [3.8, 4) is 0 Å². The monoisotopic (exact) mass is 540 g/mol. The lowest BCUT2D eigenvalue weighted by atomic mass is 10.0. The van der Waals surface area contributed by atoms with Gasteiger partial charge in [0.1, 0.15) is 18.1 Å². The Morgan fingerprint density at radius 1 is 0.769 bits per heavy atom. The molecule has 0 aliphatic carbocycles. The Bertz CT molecular complexity index is 1030. The van der Waals surface area contributed by atoms with Gasteiger partial charge in [-0.3, -0.25) is 9.59 Å². The summed E-state index contributed by atoms with van der Waals surface area (Å²) >= 11 is 0. The zero-order valence-corrected chi connectivity index (χ0v) is 22.4. The molecule has 3 amide bonds. The summed E-state index contributed by atoms with van der Waals surface area (Å²) in [5.74, 6) is -2.38. The van der Waals surface area contributed by atoms with E-state index in [1.807, 2.05) is 67.6 Å². The molecule has 0 unspecified atom stereocenters. The van der Waals surface area contributed by atoms with Crippen LogP contribution in [0.15, 0.2) is 60.7 Å². The first-order valence-corrected chi connectivity index (χ1v) is 13.4. The highest BCUT2D eigenvalue weighted by Gasteiger charge is 2.30. The van der Waals surface area contributed by atoms with Crippen LogP contribution in [0.1, 0.15) is 50.2 Å². The van der Waals surface area contributed by atoms with Crippen LogP contribution in [0.4, 0.5) is 4.79 Å². The van der Waals surface area contributed by atoms with Gasteiger partial charge in [-0.2, -0.15) is 0 Å². The average molecular weight is 541 g/mol. The van der Waals surface area contributed by atoms with Crippen LogP contribution in [0.2, 0.25) is 0 Å². The second-order valence-corrected chi connectivity index (χ2v) is 9.31. The zero-order valence-electron chi connectivity index (χ0n) is 22.4. The number of alkyl carbamates (subject to hydrolysis) is 1. The molecule has 0 fully saturated rings. The van der Waals surface area contributed by atoms with Crippen molar-refractivity contribution >= 4 is 23.9 Å². The summed E-state index contributed by atoms with van der Waals surface area (Å²) < 4.78 is 5.19. The second-order valence-electron chi connectivity index (χ2n) is 9.31. The molecule has 10 heteroatoms. The summed E-state index contributed by atoms with van der Waals surface area (Å²) in [5, 5.41) is 17.5. The molecule has 0 heterocycles. The lowest BCUT2D eigenvalue weighted by Crippen LogP contribution is -2.57. The molecule has 39 heavy (non-hydrogen) atoms. The number of aliphatic carboxylic acids is 1. The molecule has 0 saturated carbocycles. The topological polar surface area (TPSA) is 160 Å². The van der Waals surface area contributed by atoms with Crippen LogP contribution in [0.3, 0.4) is 0 Å². The molecule has 0 spiro atoms. The predicted molar refractivity (Wildman–Crippen MR) is 148 cm³/mol. The molecule has 0 bridgehead atoms. The minimum atomic E-state index is -1.16. The van der Waals surface area contributed by atoms with Gasteiger partial charge in [0, 0.05) is 12.8 Å². The van der Waals surface area contributed by atoms with Crippen molar-refractivity contribution in [1.29, 1.82) is 0 Å². The molecule has 6 N–H and O–H groups in total. The van der Waals surface area contributed by atoms with E-state index in [1.165, 1.54) is 0 Å². The van der Waals surface area contributed by atoms with Gasteiger partial charge in [0.25, 0.3) is 0 Å². The highest BCUT2D eigenvalue weighted by atomic mass is 16.5. The molecular formula is C29H40N4O6. The number of rotatable bonds is 17. The number of amides is 3. The van der Waals surface area contributed by atoms with E-state index in [0.717, 1.165) is 17.5 Å². The maximum atomic E-state index is 13.5. The van der Waals surface area contributed by atoms with E-state index in [0.29, 0.717) is 25.8 Å². The van der Waals surface area contributed by atoms with Gasteiger partial charge in [-0.1, -0.05) is 74.0 Å². The van der Waals surface area contributed by atoms with E-state index in [1.54, 1.807) is 0 Å². The van der Waals surface area contributed by atoms with Crippen LogP contribution in [0.25, 0.3) is 0 Å². The van der Waals surface area contributed by atoms with Crippen LogP contribution in [0.5, 0.6) is 0 Å². The molecule has 0 aliphatic heterocycles. The number of benzene rings is 2. The van der Waals surface area contributed by atoms with Crippen LogP contribution in [-0.4, -0.2) is 60.3 Å². The van der Waals surface area contributed by atoms with Crippen LogP contribution < -0.4 is 21.7 Å². The standard InChI is InChI=1S/C29H40N4O6/c1-2-3-18-39-29(38)33-25(20-22-14-8-5-9-15-22)27(35)32-24(19-21-12-6-4-7-13-21)26(34)31-23(28(36)37)16-10-11-17-30/h4-9,12-15,23-25H,2-3,10-11,16-20,30H2,1H3,(H,31,34)(H,32,35)(H,33,38)(H,36,37)/t23-,24-,25-/m0/s1. The lowest BCUT2D eigenvalue weighted by molar-refractivity contribution is -0.142. The molecule has 10 nitrogen and oxygen atoms in total. The molecule has 0 radical (unpaired) electrons. The zero-order chi connectivity index (χ0) is 28.5. The highest BCUT2D eigenvalue weighted by Crippen LogP contribution is 2.09. The number of nitrogens with two attached hydrogens (primary N) is 1. The molecule has 0 aromatic heterocycles. The molecule has 0 saturated heterocycles. The fourth-order valence-corrected chi connectivity index (χ4v) is 3.91. The van der Waals surface area contributed by atoms with Gasteiger partial charge in [0.15, 0.2) is 0 Å². The van der Waals surface area contributed by atoms with Gasteiger partial charge in [-0.25, -0.2) is 9.59 Å². The van der Waals surface area contributed by atoms with Crippen molar-refractivity contribution in [1.82, 2.24) is 16.0 Å². The first-order valence-electron chi connectivity index (χ1n) is 13.4. The van der Waals surface area contributed by atoms with E-state index in [-0.39, 0.29) is 25.9 Å². The first-order chi connectivity index (χ1) is 18.8. The van der Waals surface area contributed by atoms with E-state index in [9.17, 15) is 24.3 Å².